The van der Waals surface area contributed by atoms with Crippen LogP contribution in [0.3, 0.4) is 0 Å². The molecule has 6 nitrogen and oxygen atoms in total. The SMILES string of the molecule is Cc1ccc(NS(=O)(=O)c2cc(C(=O)O)oc2C)c(F)c1. The fourth-order valence-electron chi connectivity index (χ4n) is 1.74. The molecule has 1 aromatic heterocycles. The molecule has 0 aliphatic rings. The lowest BCUT2D eigenvalue weighted by Gasteiger charge is -2.08. The molecule has 0 fully saturated rings. The molecule has 2 rings (SSSR count). The van der Waals surface area contributed by atoms with E-state index < -0.39 is 27.6 Å². The highest BCUT2D eigenvalue weighted by Crippen LogP contribution is 2.24. The number of carboxylic acids is 1. The van der Waals surface area contributed by atoms with Gasteiger partial charge in [0.2, 0.25) is 5.76 Å². The van der Waals surface area contributed by atoms with Crippen molar-refractivity contribution >= 4 is 21.7 Å². The predicted molar refractivity (Wildman–Crippen MR) is 72.3 cm³/mol. The highest BCUT2D eigenvalue weighted by molar-refractivity contribution is 7.92. The molecule has 2 aromatic rings. The number of halogens is 1. The first-order valence-corrected chi connectivity index (χ1v) is 7.32. The average Bonchev–Trinajstić information content (AvgIpc) is 2.76. The Kier molecular flexibility index (Phi) is 3.73. The zero-order chi connectivity index (χ0) is 15.8. The van der Waals surface area contributed by atoms with Crippen molar-refractivity contribution in [2.75, 3.05) is 4.72 Å². The lowest BCUT2D eigenvalue weighted by molar-refractivity contribution is 0.0661. The van der Waals surface area contributed by atoms with Crippen molar-refractivity contribution in [1.29, 1.82) is 0 Å². The molecular formula is C13H12FNO5S. The molecule has 2 N–H and O–H groups in total. The van der Waals surface area contributed by atoms with Gasteiger partial charge >= 0.3 is 5.97 Å². The summed E-state index contributed by atoms with van der Waals surface area (Å²) in [6.07, 6.45) is 0. The third-order valence-electron chi connectivity index (χ3n) is 2.74. The zero-order valence-electron chi connectivity index (χ0n) is 11.2. The fraction of sp³-hybridized carbons (Fsp3) is 0.154. The van der Waals surface area contributed by atoms with Crippen molar-refractivity contribution in [3.05, 3.63) is 47.2 Å². The average molecular weight is 313 g/mol. The molecule has 1 heterocycles. The Morgan fingerprint density at radius 2 is 1.95 bits per heavy atom. The van der Waals surface area contributed by atoms with Gasteiger partial charge in [-0.25, -0.2) is 17.6 Å². The molecule has 0 saturated carbocycles. The van der Waals surface area contributed by atoms with E-state index >= 15 is 0 Å². The van der Waals surface area contributed by atoms with Crippen LogP contribution < -0.4 is 4.72 Å². The van der Waals surface area contributed by atoms with E-state index in [9.17, 15) is 17.6 Å². The molecule has 0 aliphatic carbocycles. The molecule has 8 heteroatoms. The minimum Gasteiger partial charge on any atom is -0.475 e. The monoisotopic (exact) mass is 313 g/mol. The number of benzene rings is 1. The smallest absolute Gasteiger partial charge is 0.371 e. The number of nitrogens with one attached hydrogen (secondary N) is 1. The van der Waals surface area contributed by atoms with E-state index in [1.54, 1.807) is 13.0 Å². The van der Waals surface area contributed by atoms with Crippen LogP contribution in [0.2, 0.25) is 0 Å². The minimum absolute atomic E-state index is 0.0904. The van der Waals surface area contributed by atoms with Gasteiger partial charge in [0, 0.05) is 6.07 Å². The van der Waals surface area contributed by atoms with Crippen molar-refractivity contribution in [2.45, 2.75) is 18.7 Å². The Morgan fingerprint density at radius 3 is 2.48 bits per heavy atom. The van der Waals surface area contributed by atoms with Crippen LogP contribution in [0, 0.1) is 19.7 Å². The number of hydrogen-bond acceptors (Lipinski definition) is 4. The molecule has 1 aromatic carbocycles. The van der Waals surface area contributed by atoms with E-state index in [0.29, 0.717) is 5.56 Å². The van der Waals surface area contributed by atoms with E-state index in [1.165, 1.54) is 19.1 Å². The van der Waals surface area contributed by atoms with Gasteiger partial charge in [0.25, 0.3) is 10.0 Å². The summed E-state index contributed by atoms with van der Waals surface area (Å²) < 4.78 is 44.9. The second-order valence-corrected chi connectivity index (χ2v) is 6.08. The van der Waals surface area contributed by atoms with Gasteiger partial charge in [-0.1, -0.05) is 6.07 Å². The number of sulfonamides is 1. The number of hydrogen-bond donors (Lipinski definition) is 2. The maximum atomic E-state index is 13.7. The molecule has 0 atom stereocenters. The van der Waals surface area contributed by atoms with Crippen molar-refractivity contribution < 1.29 is 27.1 Å². The summed E-state index contributed by atoms with van der Waals surface area (Å²) in [5.74, 6) is -2.70. The lowest BCUT2D eigenvalue weighted by atomic mass is 10.2. The van der Waals surface area contributed by atoms with Gasteiger partial charge in [-0.3, -0.25) is 4.72 Å². The summed E-state index contributed by atoms with van der Waals surface area (Å²) in [5.41, 5.74) is 0.418. The second-order valence-electron chi connectivity index (χ2n) is 4.43. The van der Waals surface area contributed by atoms with Crippen LogP contribution in [0.15, 0.2) is 33.6 Å². The third-order valence-corrected chi connectivity index (χ3v) is 4.21. The number of rotatable bonds is 4. The van der Waals surface area contributed by atoms with Crippen LogP contribution in [0.5, 0.6) is 0 Å². The van der Waals surface area contributed by atoms with Crippen molar-refractivity contribution in [3.63, 3.8) is 0 Å². The predicted octanol–water partition coefficient (Wildman–Crippen LogP) is 2.53. The first-order chi connectivity index (χ1) is 9.70. The first kappa shape index (κ1) is 15.0. The van der Waals surface area contributed by atoms with Crippen molar-refractivity contribution in [1.82, 2.24) is 0 Å². The number of aryl methyl sites for hydroxylation is 2. The van der Waals surface area contributed by atoms with Crippen LogP contribution in [-0.4, -0.2) is 19.5 Å². The maximum Gasteiger partial charge on any atom is 0.371 e. The quantitative estimate of drug-likeness (QED) is 0.904. The topological polar surface area (TPSA) is 96.6 Å². The van der Waals surface area contributed by atoms with Crippen LogP contribution in [0.4, 0.5) is 10.1 Å². The van der Waals surface area contributed by atoms with Gasteiger partial charge in [-0.05, 0) is 31.5 Å². The summed E-state index contributed by atoms with van der Waals surface area (Å²) in [4.78, 5) is 10.4. The Balaban J connectivity index is 2.41. The van der Waals surface area contributed by atoms with E-state index in [-0.39, 0.29) is 16.3 Å². The summed E-state index contributed by atoms with van der Waals surface area (Å²) in [6.45, 7) is 2.98. The highest BCUT2D eigenvalue weighted by Gasteiger charge is 2.24. The molecule has 0 bridgehead atoms. The van der Waals surface area contributed by atoms with Gasteiger partial charge in [-0.15, -0.1) is 0 Å². The zero-order valence-corrected chi connectivity index (χ0v) is 12.0. The number of furan rings is 1. The molecule has 0 radical (unpaired) electrons. The van der Waals surface area contributed by atoms with Crippen LogP contribution in [0.25, 0.3) is 0 Å². The Labute approximate surface area is 120 Å². The molecule has 0 amide bonds. The van der Waals surface area contributed by atoms with Gasteiger partial charge < -0.3 is 9.52 Å². The van der Waals surface area contributed by atoms with E-state index in [2.05, 4.69) is 4.72 Å². The van der Waals surface area contributed by atoms with Crippen molar-refractivity contribution in [2.24, 2.45) is 0 Å². The maximum absolute atomic E-state index is 13.7. The summed E-state index contributed by atoms with van der Waals surface area (Å²) in [6, 6.07) is 4.90. The second kappa shape index (κ2) is 5.21. The van der Waals surface area contributed by atoms with Gasteiger partial charge in [0.1, 0.15) is 16.5 Å². The summed E-state index contributed by atoms with van der Waals surface area (Å²) >= 11 is 0. The minimum atomic E-state index is -4.14. The third kappa shape index (κ3) is 3.05. The number of anilines is 1. The Hall–Kier alpha value is -2.35. The molecule has 0 aliphatic heterocycles. The first-order valence-electron chi connectivity index (χ1n) is 5.83. The van der Waals surface area contributed by atoms with E-state index in [4.69, 9.17) is 9.52 Å². The van der Waals surface area contributed by atoms with Crippen LogP contribution >= 0.6 is 0 Å². The molecule has 21 heavy (non-hydrogen) atoms. The number of carbonyl (C=O) groups is 1. The van der Waals surface area contributed by atoms with Crippen LogP contribution in [0.1, 0.15) is 21.9 Å². The molecule has 112 valence electrons. The molecule has 0 saturated heterocycles. The Morgan fingerprint density at radius 1 is 1.29 bits per heavy atom. The van der Waals surface area contributed by atoms with E-state index in [1.807, 2.05) is 0 Å². The van der Waals surface area contributed by atoms with E-state index in [0.717, 1.165) is 6.07 Å². The number of carboxylic acid groups (broad SMARTS) is 1. The largest absolute Gasteiger partial charge is 0.475 e. The molecule has 0 spiro atoms. The van der Waals surface area contributed by atoms with Gasteiger partial charge in [0.05, 0.1) is 5.69 Å². The normalized spacial score (nSPS) is 11.4. The number of aromatic carboxylic acids is 1. The standard InChI is InChI=1S/C13H12FNO5S/c1-7-3-4-10(9(14)5-7)15-21(18,19)12-6-11(13(16)17)20-8(12)2/h3-6,15H,1-2H3,(H,16,17). The Bertz CT molecular complexity index is 810. The summed E-state index contributed by atoms with van der Waals surface area (Å²) in [7, 11) is -4.14. The van der Waals surface area contributed by atoms with Gasteiger partial charge in [0.15, 0.2) is 0 Å². The lowest BCUT2D eigenvalue weighted by Crippen LogP contribution is -2.14. The van der Waals surface area contributed by atoms with Crippen LogP contribution in [-0.2, 0) is 10.0 Å². The molecular weight excluding hydrogens is 301 g/mol. The molecule has 0 unspecified atom stereocenters. The summed E-state index contributed by atoms with van der Waals surface area (Å²) in [5, 5.41) is 8.78. The van der Waals surface area contributed by atoms with Gasteiger partial charge in [-0.2, -0.15) is 0 Å². The van der Waals surface area contributed by atoms with Crippen molar-refractivity contribution in [3.8, 4) is 0 Å². The fourth-order valence-corrected chi connectivity index (χ4v) is 2.99. The highest BCUT2D eigenvalue weighted by atomic mass is 32.2.